The zero-order valence-electron chi connectivity index (χ0n) is 16.7. The van der Waals surface area contributed by atoms with Crippen LogP contribution < -0.4 is 16.0 Å². The van der Waals surface area contributed by atoms with Gasteiger partial charge >= 0.3 is 6.18 Å². The molecule has 3 N–H and O–H groups in total. The first-order chi connectivity index (χ1) is 13.8. The minimum Gasteiger partial charge on any atom is -0.357 e. The molecule has 1 heterocycles. The maximum Gasteiger partial charge on any atom is 0.416 e. The number of aliphatic imine (C=N–C) groups is 1. The number of benzene rings is 1. The average molecular weight is 535 g/mol. The standard InChI is InChI=1S/C20H24F3N5O.HI/c1-3-24-19(27-13-15-5-7-16(8-6-15)20(21,22)23)25-11-10-18(29)28-17-9-4-14(2)12-26-17;/h4-9,12H,3,10-11,13H2,1-2H3,(H2,24,25,27)(H,26,28,29);1H. The fourth-order valence-electron chi connectivity index (χ4n) is 2.35. The molecule has 0 aliphatic rings. The fraction of sp³-hybridized carbons (Fsp3) is 0.350. The molecule has 0 aliphatic heterocycles. The number of aromatic nitrogens is 1. The zero-order valence-corrected chi connectivity index (χ0v) is 19.0. The van der Waals surface area contributed by atoms with E-state index < -0.39 is 11.7 Å². The molecule has 0 atom stereocenters. The smallest absolute Gasteiger partial charge is 0.357 e. The Labute approximate surface area is 190 Å². The number of carbonyl (C=O) groups excluding carboxylic acids is 1. The Morgan fingerprint density at radius 2 is 1.80 bits per heavy atom. The Hall–Kier alpha value is -2.37. The molecule has 164 valence electrons. The minimum atomic E-state index is -4.35. The highest BCUT2D eigenvalue weighted by atomic mass is 127. The summed E-state index contributed by atoms with van der Waals surface area (Å²) in [6.07, 6.45) is -2.47. The lowest BCUT2D eigenvalue weighted by Gasteiger charge is -2.12. The number of amides is 1. The van der Waals surface area contributed by atoms with Gasteiger partial charge in [0.1, 0.15) is 5.82 Å². The van der Waals surface area contributed by atoms with Crippen LogP contribution >= 0.6 is 24.0 Å². The molecule has 0 radical (unpaired) electrons. The SMILES string of the molecule is CCNC(=NCc1ccc(C(F)(F)F)cc1)NCCC(=O)Nc1ccc(C)cn1.I. The summed E-state index contributed by atoms with van der Waals surface area (Å²) in [5.41, 5.74) is 0.965. The largest absolute Gasteiger partial charge is 0.416 e. The van der Waals surface area contributed by atoms with E-state index in [0.29, 0.717) is 30.4 Å². The molecule has 1 aromatic carbocycles. The van der Waals surface area contributed by atoms with E-state index in [2.05, 4.69) is 25.9 Å². The molecule has 0 bridgehead atoms. The van der Waals surface area contributed by atoms with Gasteiger partial charge < -0.3 is 16.0 Å². The second-order valence-electron chi connectivity index (χ2n) is 6.34. The predicted molar refractivity (Wildman–Crippen MR) is 122 cm³/mol. The summed E-state index contributed by atoms with van der Waals surface area (Å²) < 4.78 is 37.8. The summed E-state index contributed by atoms with van der Waals surface area (Å²) in [5.74, 6) is 0.782. The van der Waals surface area contributed by atoms with Crippen molar-refractivity contribution in [3.8, 4) is 0 Å². The van der Waals surface area contributed by atoms with Crippen molar-refractivity contribution >= 4 is 41.7 Å². The summed E-state index contributed by atoms with van der Waals surface area (Å²) in [7, 11) is 0. The summed E-state index contributed by atoms with van der Waals surface area (Å²) >= 11 is 0. The van der Waals surface area contributed by atoms with Gasteiger partial charge in [-0.15, -0.1) is 24.0 Å². The summed E-state index contributed by atoms with van der Waals surface area (Å²) in [6, 6.07) is 8.47. The van der Waals surface area contributed by atoms with E-state index in [1.165, 1.54) is 12.1 Å². The number of aryl methyl sites for hydroxylation is 1. The van der Waals surface area contributed by atoms with Crippen molar-refractivity contribution in [1.82, 2.24) is 15.6 Å². The number of anilines is 1. The van der Waals surface area contributed by atoms with Crippen LogP contribution in [0.5, 0.6) is 0 Å². The normalized spacial score (nSPS) is 11.4. The monoisotopic (exact) mass is 535 g/mol. The van der Waals surface area contributed by atoms with Crippen LogP contribution in [-0.2, 0) is 17.5 Å². The number of pyridine rings is 1. The Morgan fingerprint density at radius 3 is 2.37 bits per heavy atom. The van der Waals surface area contributed by atoms with Crippen LogP contribution in [-0.4, -0.2) is 29.9 Å². The van der Waals surface area contributed by atoms with E-state index in [-0.39, 0.29) is 42.8 Å². The fourth-order valence-corrected chi connectivity index (χ4v) is 2.35. The molecular formula is C20H25F3IN5O. The van der Waals surface area contributed by atoms with Crippen molar-refractivity contribution in [2.75, 3.05) is 18.4 Å². The van der Waals surface area contributed by atoms with Crippen molar-refractivity contribution in [3.05, 3.63) is 59.3 Å². The number of nitrogens with zero attached hydrogens (tertiary/aromatic N) is 2. The van der Waals surface area contributed by atoms with E-state index in [1.807, 2.05) is 19.9 Å². The second kappa shape index (κ2) is 12.4. The molecule has 1 aromatic heterocycles. The zero-order chi connectivity index (χ0) is 21.3. The lowest BCUT2D eigenvalue weighted by Crippen LogP contribution is -2.38. The third-order valence-electron chi connectivity index (χ3n) is 3.87. The maximum absolute atomic E-state index is 12.6. The van der Waals surface area contributed by atoms with Crippen molar-refractivity contribution in [2.24, 2.45) is 4.99 Å². The molecule has 0 saturated heterocycles. The Balaban J connectivity index is 0.00000450. The third kappa shape index (κ3) is 8.97. The van der Waals surface area contributed by atoms with Gasteiger partial charge in [-0.05, 0) is 43.2 Å². The summed E-state index contributed by atoms with van der Waals surface area (Å²) in [6.45, 7) is 4.97. The van der Waals surface area contributed by atoms with Gasteiger partial charge in [0.15, 0.2) is 5.96 Å². The van der Waals surface area contributed by atoms with Gasteiger partial charge in [0.2, 0.25) is 5.91 Å². The van der Waals surface area contributed by atoms with Crippen LogP contribution in [0.15, 0.2) is 47.6 Å². The first-order valence-electron chi connectivity index (χ1n) is 9.18. The Bertz CT molecular complexity index is 824. The number of alkyl halides is 3. The average Bonchev–Trinajstić information content (AvgIpc) is 2.67. The maximum atomic E-state index is 12.6. The first kappa shape index (κ1) is 25.7. The van der Waals surface area contributed by atoms with Crippen molar-refractivity contribution in [3.63, 3.8) is 0 Å². The van der Waals surface area contributed by atoms with Crippen molar-refractivity contribution < 1.29 is 18.0 Å². The molecule has 6 nitrogen and oxygen atoms in total. The van der Waals surface area contributed by atoms with Gasteiger partial charge in [0.25, 0.3) is 0 Å². The van der Waals surface area contributed by atoms with Gasteiger partial charge in [0, 0.05) is 25.7 Å². The number of guanidine groups is 1. The number of hydrogen-bond donors (Lipinski definition) is 3. The third-order valence-corrected chi connectivity index (χ3v) is 3.87. The van der Waals surface area contributed by atoms with E-state index in [1.54, 1.807) is 12.3 Å². The summed E-state index contributed by atoms with van der Waals surface area (Å²) in [4.78, 5) is 20.4. The number of rotatable bonds is 7. The minimum absolute atomic E-state index is 0. The highest BCUT2D eigenvalue weighted by Crippen LogP contribution is 2.29. The van der Waals surface area contributed by atoms with E-state index >= 15 is 0 Å². The van der Waals surface area contributed by atoms with Gasteiger partial charge in [-0.1, -0.05) is 18.2 Å². The number of hydrogen-bond acceptors (Lipinski definition) is 3. The molecule has 0 unspecified atom stereocenters. The molecule has 0 fully saturated rings. The van der Waals surface area contributed by atoms with Crippen LogP contribution in [0.25, 0.3) is 0 Å². The molecule has 30 heavy (non-hydrogen) atoms. The van der Waals surface area contributed by atoms with E-state index in [0.717, 1.165) is 17.7 Å². The lowest BCUT2D eigenvalue weighted by atomic mass is 10.1. The molecule has 2 aromatic rings. The topological polar surface area (TPSA) is 78.4 Å². The molecule has 0 spiro atoms. The molecule has 0 aliphatic carbocycles. The van der Waals surface area contributed by atoms with Crippen LogP contribution in [0.2, 0.25) is 0 Å². The van der Waals surface area contributed by atoms with Gasteiger partial charge in [-0.2, -0.15) is 13.2 Å². The quantitative estimate of drug-likeness (QED) is 0.284. The Morgan fingerprint density at radius 1 is 1.10 bits per heavy atom. The van der Waals surface area contributed by atoms with Crippen LogP contribution in [0, 0.1) is 6.92 Å². The number of halogens is 4. The predicted octanol–water partition coefficient (Wildman–Crippen LogP) is 4.11. The van der Waals surface area contributed by atoms with Gasteiger partial charge in [0.05, 0.1) is 12.1 Å². The van der Waals surface area contributed by atoms with Crippen LogP contribution in [0.3, 0.4) is 0 Å². The first-order valence-corrected chi connectivity index (χ1v) is 9.18. The van der Waals surface area contributed by atoms with Crippen LogP contribution in [0.4, 0.5) is 19.0 Å². The van der Waals surface area contributed by atoms with Crippen molar-refractivity contribution in [2.45, 2.75) is 33.0 Å². The van der Waals surface area contributed by atoms with Crippen LogP contribution in [0.1, 0.15) is 30.0 Å². The number of carbonyl (C=O) groups is 1. The van der Waals surface area contributed by atoms with Crippen molar-refractivity contribution in [1.29, 1.82) is 0 Å². The van der Waals surface area contributed by atoms with E-state index in [9.17, 15) is 18.0 Å². The second-order valence-corrected chi connectivity index (χ2v) is 6.34. The van der Waals surface area contributed by atoms with Gasteiger partial charge in [-0.25, -0.2) is 9.98 Å². The van der Waals surface area contributed by atoms with E-state index in [4.69, 9.17) is 0 Å². The summed E-state index contributed by atoms with van der Waals surface area (Å²) in [5, 5.41) is 8.77. The molecule has 0 saturated carbocycles. The highest BCUT2D eigenvalue weighted by molar-refractivity contribution is 14.0. The van der Waals surface area contributed by atoms with Gasteiger partial charge in [-0.3, -0.25) is 4.79 Å². The molecule has 1 amide bonds. The Kier molecular flexibility index (Phi) is 10.6. The molecule has 2 rings (SSSR count). The highest BCUT2D eigenvalue weighted by Gasteiger charge is 2.29. The molecular weight excluding hydrogens is 510 g/mol. The lowest BCUT2D eigenvalue weighted by molar-refractivity contribution is -0.137. The number of nitrogens with one attached hydrogen (secondary N) is 3. The molecule has 10 heteroatoms.